The molecule has 0 heterocycles. The highest BCUT2D eigenvalue weighted by atomic mass is 16.4. The van der Waals surface area contributed by atoms with Gasteiger partial charge in [-0.2, -0.15) is 0 Å². The van der Waals surface area contributed by atoms with Crippen LogP contribution in [0.25, 0.3) is 0 Å². The maximum atomic E-state index is 10.3. The monoisotopic (exact) mass is 442 g/mol. The van der Waals surface area contributed by atoms with Gasteiger partial charge in [-0.05, 0) is 12.8 Å². The molecule has 0 unspecified atom stereocenters. The molecule has 10 nitrogen and oxygen atoms in total. The van der Waals surface area contributed by atoms with E-state index in [9.17, 15) is 4.79 Å². The number of aliphatic hydroxyl groups is 8. The summed E-state index contributed by atoms with van der Waals surface area (Å²) >= 11 is 0. The third-order valence-corrected chi connectivity index (χ3v) is 4.57. The number of carboxylic acid groups (broad SMARTS) is 1. The van der Waals surface area contributed by atoms with Gasteiger partial charge in [0.15, 0.2) is 0 Å². The summed E-state index contributed by atoms with van der Waals surface area (Å²) in [4.78, 5) is 10.3. The van der Waals surface area contributed by atoms with Crippen molar-refractivity contribution in [3.05, 3.63) is 12.2 Å². The van der Waals surface area contributed by atoms with Gasteiger partial charge in [-0.1, -0.05) is 39.2 Å². The van der Waals surface area contributed by atoms with Gasteiger partial charge in [-0.15, -0.1) is 0 Å². The summed E-state index contributed by atoms with van der Waals surface area (Å²) in [5.41, 5.74) is -1.88. The van der Waals surface area contributed by atoms with E-state index in [0.29, 0.717) is 12.0 Å². The molecule has 0 aliphatic carbocycles. The van der Waals surface area contributed by atoms with Crippen LogP contribution in [0, 0.1) is 10.8 Å². The number of aliphatic carboxylic acids is 1. The minimum absolute atomic E-state index is 0.339. The van der Waals surface area contributed by atoms with Crippen LogP contribution in [0.4, 0.5) is 0 Å². The zero-order valence-corrected chi connectivity index (χ0v) is 18.0. The first-order valence-electron chi connectivity index (χ1n) is 9.95. The fraction of sp³-hybridized carbons (Fsp3) is 0.850. The maximum Gasteiger partial charge on any atom is 0.330 e. The lowest BCUT2D eigenvalue weighted by Crippen LogP contribution is -2.37. The van der Waals surface area contributed by atoms with E-state index in [2.05, 4.69) is 13.5 Å². The second-order valence-corrected chi connectivity index (χ2v) is 7.34. The Kier molecular flexibility index (Phi) is 23.6. The molecule has 0 aliphatic rings. The van der Waals surface area contributed by atoms with Gasteiger partial charge in [-0.25, -0.2) is 4.79 Å². The first kappa shape index (κ1) is 33.5. The normalized spacial score (nSPS) is 11.1. The molecular formula is C20H42O10. The molecule has 0 radical (unpaired) electrons. The van der Waals surface area contributed by atoms with Gasteiger partial charge in [0.2, 0.25) is 0 Å². The quantitative estimate of drug-likeness (QED) is 0.110. The molecule has 9 N–H and O–H groups in total. The van der Waals surface area contributed by atoms with Crippen LogP contribution in [0.1, 0.15) is 45.4 Å². The van der Waals surface area contributed by atoms with Gasteiger partial charge in [0.05, 0.1) is 63.7 Å². The first-order chi connectivity index (χ1) is 14.2. The fourth-order valence-electron chi connectivity index (χ4n) is 1.65. The Morgan fingerprint density at radius 1 is 0.633 bits per heavy atom. The van der Waals surface area contributed by atoms with Crippen molar-refractivity contribution < 1.29 is 50.8 Å². The molecule has 0 atom stereocenters. The van der Waals surface area contributed by atoms with Crippen molar-refractivity contribution in [3.8, 4) is 0 Å². The third-order valence-electron chi connectivity index (χ3n) is 4.57. The highest BCUT2D eigenvalue weighted by Gasteiger charge is 2.27. The minimum Gasteiger partial charge on any atom is -0.478 e. The van der Waals surface area contributed by atoms with Crippen LogP contribution in [0.2, 0.25) is 0 Å². The molecule has 30 heavy (non-hydrogen) atoms. The molecule has 0 amide bonds. The van der Waals surface area contributed by atoms with Crippen molar-refractivity contribution in [2.75, 3.05) is 52.9 Å². The molecule has 0 aromatic carbocycles. The number of carbonyl (C=O) groups is 1. The molecule has 0 spiro atoms. The van der Waals surface area contributed by atoms with Gasteiger partial charge >= 0.3 is 5.97 Å². The molecule has 0 saturated heterocycles. The van der Waals surface area contributed by atoms with Crippen molar-refractivity contribution in [1.82, 2.24) is 0 Å². The van der Waals surface area contributed by atoms with Crippen molar-refractivity contribution in [3.63, 3.8) is 0 Å². The van der Waals surface area contributed by atoms with E-state index in [1.165, 1.54) is 19.3 Å². The highest BCUT2D eigenvalue weighted by molar-refractivity contribution is 5.85. The Labute approximate surface area is 178 Å². The molecule has 0 bridgehead atoms. The number of hydrogen-bond donors (Lipinski definition) is 9. The van der Waals surface area contributed by atoms with Crippen LogP contribution >= 0.6 is 0 Å². The van der Waals surface area contributed by atoms with Crippen molar-refractivity contribution in [2.45, 2.75) is 45.4 Å². The molecule has 10 heteroatoms. The highest BCUT2D eigenvalue weighted by Crippen LogP contribution is 2.12. The second kappa shape index (κ2) is 21.1. The van der Waals surface area contributed by atoms with Crippen LogP contribution in [-0.4, -0.2) is 105 Å². The summed E-state index contributed by atoms with van der Waals surface area (Å²) in [5, 5.41) is 76.5. The Morgan fingerprint density at radius 2 is 0.933 bits per heavy atom. The largest absolute Gasteiger partial charge is 0.478 e. The molecule has 182 valence electrons. The number of hydrogen-bond acceptors (Lipinski definition) is 9. The predicted molar refractivity (Wildman–Crippen MR) is 112 cm³/mol. The zero-order chi connectivity index (χ0) is 24.1. The molecule has 0 fully saturated rings. The summed E-state index contributed by atoms with van der Waals surface area (Å²) < 4.78 is 0. The van der Waals surface area contributed by atoms with E-state index in [1.807, 2.05) is 0 Å². The predicted octanol–water partition coefficient (Wildman–Crippen LogP) is -1.13. The van der Waals surface area contributed by atoms with E-state index in [4.69, 9.17) is 46.0 Å². The van der Waals surface area contributed by atoms with Gasteiger partial charge < -0.3 is 46.0 Å². The van der Waals surface area contributed by atoms with Crippen LogP contribution in [-0.2, 0) is 4.79 Å². The Bertz CT molecular complexity index is 351. The van der Waals surface area contributed by atoms with E-state index in [1.54, 1.807) is 0 Å². The summed E-state index contributed by atoms with van der Waals surface area (Å²) in [6.07, 6.45) is 6.41. The van der Waals surface area contributed by atoms with E-state index >= 15 is 0 Å². The molecule has 0 aromatic rings. The smallest absolute Gasteiger partial charge is 0.330 e. The van der Waals surface area contributed by atoms with E-state index in [-0.39, 0.29) is 0 Å². The van der Waals surface area contributed by atoms with Crippen molar-refractivity contribution in [1.29, 1.82) is 0 Å². The van der Waals surface area contributed by atoms with Crippen LogP contribution in [0.15, 0.2) is 12.2 Å². The standard InChI is InChI=1S/C10H18O2.2C5H12O4/c1-3-4-5-6-7-8-9(2)10(11)12;2*6-1-5(2-7,3-8)4-9/h2-8H2,1H3,(H,11,12);2*6-9H,1-4H2. The second-order valence-electron chi connectivity index (χ2n) is 7.34. The molecule has 0 aliphatic heterocycles. The van der Waals surface area contributed by atoms with E-state index < -0.39 is 69.7 Å². The Balaban J connectivity index is -0.000000371. The van der Waals surface area contributed by atoms with Gasteiger partial charge in [0.1, 0.15) is 0 Å². The fourth-order valence-corrected chi connectivity index (χ4v) is 1.65. The molecule has 0 aromatic heterocycles. The van der Waals surface area contributed by atoms with Gasteiger partial charge in [-0.3, -0.25) is 0 Å². The van der Waals surface area contributed by atoms with E-state index in [0.717, 1.165) is 12.8 Å². The summed E-state index contributed by atoms with van der Waals surface area (Å²) in [7, 11) is 0. The average molecular weight is 443 g/mol. The van der Waals surface area contributed by atoms with Crippen LogP contribution in [0.5, 0.6) is 0 Å². The van der Waals surface area contributed by atoms with Crippen LogP contribution < -0.4 is 0 Å². The summed E-state index contributed by atoms with van der Waals surface area (Å²) in [6.45, 7) is 2.39. The summed E-state index contributed by atoms with van der Waals surface area (Å²) in [5.74, 6) is -0.856. The average Bonchev–Trinajstić information content (AvgIpc) is 2.78. The Morgan fingerprint density at radius 3 is 1.13 bits per heavy atom. The molecule has 0 saturated carbocycles. The van der Waals surface area contributed by atoms with Crippen molar-refractivity contribution in [2.24, 2.45) is 10.8 Å². The third kappa shape index (κ3) is 15.7. The maximum absolute atomic E-state index is 10.3. The zero-order valence-electron chi connectivity index (χ0n) is 18.0. The lowest BCUT2D eigenvalue weighted by molar-refractivity contribution is -0.132. The van der Waals surface area contributed by atoms with Gasteiger partial charge in [0.25, 0.3) is 0 Å². The lowest BCUT2D eigenvalue weighted by Gasteiger charge is -2.23. The first-order valence-corrected chi connectivity index (χ1v) is 9.95. The minimum atomic E-state index is -1.11. The van der Waals surface area contributed by atoms with Crippen molar-refractivity contribution >= 4 is 5.97 Å². The number of carboxylic acids is 1. The lowest BCUT2D eigenvalue weighted by atomic mass is 9.93. The van der Waals surface area contributed by atoms with Crippen LogP contribution in [0.3, 0.4) is 0 Å². The number of aliphatic hydroxyl groups excluding tert-OH is 8. The molecular weight excluding hydrogens is 400 g/mol. The molecule has 0 rings (SSSR count). The Hall–Kier alpha value is -1.11. The van der Waals surface area contributed by atoms with Gasteiger partial charge in [0, 0.05) is 5.57 Å². The summed E-state index contributed by atoms with van der Waals surface area (Å²) in [6, 6.07) is 0. The topological polar surface area (TPSA) is 199 Å². The number of rotatable bonds is 15. The number of unbranched alkanes of at least 4 members (excludes halogenated alkanes) is 4. The SMILES string of the molecule is C=C(CCCCCCC)C(=O)O.OCC(CO)(CO)CO.OCC(CO)(CO)CO.